The molecule has 1 fully saturated rings. The van der Waals surface area contributed by atoms with Crippen LogP contribution in [-0.2, 0) is 4.74 Å². The number of aliphatic hydroxyl groups excluding tert-OH is 1. The summed E-state index contributed by atoms with van der Waals surface area (Å²) in [5, 5.41) is 9.83. The Bertz CT molecular complexity index is 492. The van der Waals surface area contributed by atoms with E-state index in [4.69, 9.17) is 9.47 Å². The van der Waals surface area contributed by atoms with E-state index in [0.29, 0.717) is 13.2 Å². The van der Waals surface area contributed by atoms with Crippen molar-refractivity contribution in [2.24, 2.45) is 5.41 Å². The molecule has 1 unspecified atom stereocenters. The van der Waals surface area contributed by atoms with Crippen LogP contribution in [0.1, 0.15) is 30.4 Å². The molecule has 1 aliphatic rings. The number of likely N-dealkylation sites (tertiary alicyclic amines) is 1. The monoisotopic (exact) mass is 321 g/mol. The smallest absolute Gasteiger partial charge is 0.119 e. The minimum Gasteiger partial charge on any atom is -0.492 e. The van der Waals surface area contributed by atoms with Gasteiger partial charge < -0.3 is 14.6 Å². The Balaban J connectivity index is 1.81. The van der Waals surface area contributed by atoms with E-state index in [-0.39, 0.29) is 12.0 Å². The molecule has 0 radical (unpaired) electrons. The second-order valence-electron chi connectivity index (χ2n) is 6.88. The summed E-state index contributed by atoms with van der Waals surface area (Å²) in [5.74, 6) is 0.943. The van der Waals surface area contributed by atoms with E-state index in [0.717, 1.165) is 44.6 Å². The van der Waals surface area contributed by atoms with Crippen LogP contribution in [0.2, 0.25) is 0 Å². The molecule has 1 aromatic rings. The van der Waals surface area contributed by atoms with E-state index in [1.807, 2.05) is 6.07 Å². The molecule has 23 heavy (non-hydrogen) atoms. The number of nitrogens with zero attached hydrogens (tertiary/aromatic N) is 1. The van der Waals surface area contributed by atoms with Crippen molar-refractivity contribution < 1.29 is 14.6 Å². The first-order valence-corrected chi connectivity index (χ1v) is 8.61. The van der Waals surface area contributed by atoms with Crippen LogP contribution >= 0.6 is 0 Å². The molecule has 1 atom stereocenters. The fraction of sp³-hybridized carbons (Fsp3) is 0.684. The summed E-state index contributed by atoms with van der Waals surface area (Å²) in [4.78, 5) is 2.41. The Morgan fingerprint density at radius 3 is 2.74 bits per heavy atom. The largest absolute Gasteiger partial charge is 0.492 e. The van der Waals surface area contributed by atoms with Crippen molar-refractivity contribution in [2.45, 2.75) is 33.1 Å². The van der Waals surface area contributed by atoms with Crippen LogP contribution < -0.4 is 4.74 Å². The fourth-order valence-corrected chi connectivity index (χ4v) is 3.33. The average Bonchev–Trinajstić information content (AvgIpc) is 2.56. The van der Waals surface area contributed by atoms with Crippen LogP contribution in [0.25, 0.3) is 0 Å². The third-order valence-corrected chi connectivity index (χ3v) is 5.07. The van der Waals surface area contributed by atoms with Crippen LogP contribution in [-0.4, -0.2) is 56.6 Å². The normalized spacial score (nSPS) is 22.3. The summed E-state index contributed by atoms with van der Waals surface area (Å²) in [6.45, 7) is 8.79. The fourth-order valence-electron chi connectivity index (χ4n) is 3.33. The van der Waals surface area contributed by atoms with Crippen molar-refractivity contribution in [3.05, 3.63) is 29.3 Å². The predicted octanol–water partition coefficient (Wildman–Crippen LogP) is 2.79. The van der Waals surface area contributed by atoms with E-state index in [1.54, 1.807) is 7.11 Å². The molecule has 1 heterocycles. The Labute approximate surface area is 140 Å². The molecule has 1 aliphatic heterocycles. The molecule has 0 aliphatic carbocycles. The Hall–Kier alpha value is -1.10. The van der Waals surface area contributed by atoms with Crippen molar-refractivity contribution in [3.63, 3.8) is 0 Å². The molecule has 0 aromatic heterocycles. The van der Waals surface area contributed by atoms with E-state index in [2.05, 4.69) is 30.9 Å². The van der Waals surface area contributed by atoms with Crippen molar-refractivity contribution in [2.75, 3.05) is 46.6 Å². The lowest BCUT2D eigenvalue weighted by Crippen LogP contribution is -2.47. The maximum absolute atomic E-state index is 9.83. The highest BCUT2D eigenvalue weighted by atomic mass is 16.5. The number of hydrogen-bond acceptors (Lipinski definition) is 4. The van der Waals surface area contributed by atoms with Gasteiger partial charge in [-0.1, -0.05) is 6.07 Å². The maximum Gasteiger partial charge on any atom is 0.119 e. The van der Waals surface area contributed by atoms with Gasteiger partial charge in [0.2, 0.25) is 0 Å². The first-order chi connectivity index (χ1) is 11.1. The Morgan fingerprint density at radius 1 is 1.22 bits per heavy atom. The van der Waals surface area contributed by atoms with Gasteiger partial charge in [-0.05, 0) is 62.9 Å². The number of piperidine rings is 1. The second-order valence-corrected chi connectivity index (χ2v) is 6.88. The van der Waals surface area contributed by atoms with Gasteiger partial charge >= 0.3 is 0 Å². The zero-order valence-corrected chi connectivity index (χ0v) is 14.8. The number of rotatable bonds is 8. The average molecular weight is 321 g/mol. The van der Waals surface area contributed by atoms with Crippen LogP contribution in [0, 0.1) is 19.3 Å². The number of benzene rings is 1. The molecule has 0 spiro atoms. The number of methoxy groups -OCH3 is 1. The number of ether oxygens (including phenoxy) is 2. The minimum absolute atomic E-state index is 0.00525. The van der Waals surface area contributed by atoms with Gasteiger partial charge in [0.15, 0.2) is 0 Å². The van der Waals surface area contributed by atoms with E-state index in [1.165, 1.54) is 11.1 Å². The van der Waals surface area contributed by atoms with E-state index < -0.39 is 0 Å². The minimum atomic E-state index is -0.00525. The molecule has 0 amide bonds. The summed E-state index contributed by atoms with van der Waals surface area (Å²) in [7, 11) is 1.73. The first kappa shape index (κ1) is 18.2. The van der Waals surface area contributed by atoms with Crippen molar-refractivity contribution >= 4 is 0 Å². The van der Waals surface area contributed by atoms with Crippen LogP contribution in [0.15, 0.2) is 18.2 Å². The SMILES string of the molecule is COCCC1(CO)CCCN(CCOc2ccc(C)c(C)c2)C1. The van der Waals surface area contributed by atoms with Crippen LogP contribution in [0.5, 0.6) is 5.75 Å². The van der Waals surface area contributed by atoms with Crippen LogP contribution in [0.4, 0.5) is 0 Å². The third kappa shape index (κ3) is 5.20. The van der Waals surface area contributed by atoms with Gasteiger partial charge in [0.25, 0.3) is 0 Å². The molecule has 1 saturated heterocycles. The van der Waals surface area contributed by atoms with Gasteiger partial charge in [0, 0.05) is 32.2 Å². The van der Waals surface area contributed by atoms with Gasteiger partial charge in [-0.15, -0.1) is 0 Å². The standard InChI is InChI=1S/C19H31NO3/c1-16-5-6-18(13-17(16)2)23-12-10-20-9-4-7-19(14-20,15-21)8-11-22-3/h5-6,13,21H,4,7-12,14-15H2,1-3H3. The molecule has 4 nitrogen and oxygen atoms in total. The Morgan fingerprint density at radius 2 is 2.04 bits per heavy atom. The zero-order chi connectivity index (χ0) is 16.7. The van der Waals surface area contributed by atoms with Crippen molar-refractivity contribution in [1.29, 1.82) is 0 Å². The zero-order valence-electron chi connectivity index (χ0n) is 14.8. The summed E-state index contributed by atoms with van der Waals surface area (Å²) in [6, 6.07) is 6.24. The number of hydrogen-bond donors (Lipinski definition) is 1. The van der Waals surface area contributed by atoms with Gasteiger partial charge in [-0.25, -0.2) is 0 Å². The topological polar surface area (TPSA) is 41.9 Å². The molecular formula is C19H31NO3. The lowest BCUT2D eigenvalue weighted by Gasteiger charge is -2.41. The highest BCUT2D eigenvalue weighted by Crippen LogP contribution is 2.33. The molecular weight excluding hydrogens is 290 g/mol. The predicted molar refractivity (Wildman–Crippen MR) is 93.1 cm³/mol. The van der Waals surface area contributed by atoms with Gasteiger partial charge in [0.05, 0.1) is 6.61 Å². The summed E-state index contributed by atoms with van der Waals surface area (Å²) in [6.07, 6.45) is 3.14. The second kappa shape index (κ2) is 8.67. The molecule has 1 N–H and O–H groups in total. The highest BCUT2D eigenvalue weighted by Gasteiger charge is 2.34. The molecule has 0 saturated carbocycles. The van der Waals surface area contributed by atoms with Gasteiger partial charge in [-0.2, -0.15) is 0 Å². The maximum atomic E-state index is 9.83. The van der Waals surface area contributed by atoms with E-state index >= 15 is 0 Å². The third-order valence-electron chi connectivity index (χ3n) is 5.07. The van der Waals surface area contributed by atoms with Crippen molar-refractivity contribution in [1.82, 2.24) is 4.90 Å². The summed E-state index contributed by atoms with van der Waals surface area (Å²) >= 11 is 0. The first-order valence-electron chi connectivity index (χ1n) is 8.61. The molecule has 0 bridgehead atoms. The summed E-state index contributed by atoms with van der Waals surface area (Å²) < 4.78 is 11.1. The lowest BCUT2D eigenvalue weighted by atomic mass is 9.78. The van der Waals surface area contributed by atoms with Gasteiger partial charge in [0.1, 0.15) is 12.4 Å². The number of aliphatic hydroxyl groups is 1. The molecule has 4 heteroatoms. The molecule has 2 rings (SSSR count). The number of aryl methyl sites for hydroxylation is 2. The Kier molecular flexibility index (Phi) is 6.88. The van der Waals surface area contributed by atoms with Crippen LogP contribution in [0.3, 0.4) is 0 Å². The molecule has 1 aromatic carbocycles. The quantitative estimate of drug-likeness (QED) is 0.799. The van der Waals surface area contributed by atoms with E-state index in [9.17, 15) is 5.11 Å². The van der Waals surface area contributed by atoms with Crippen molar-refractivity contribution in [3.8, 4) is 5.75 Å². The van der Waals surface area contributed by atoms with Gasteiger partial charge in [-0.3, -0.25) is 4.90 Å². The lowest BCUT2D eigenvalue weighted by molar-refractivity contribution is 0.00401. The molecule has 130 valence electrons. The summed E-state index contributed by atoms with van der Waals surface area (Å²) in [5.41, 5.74) is 2.55. The highest BCUT2D eigenvalue weighted by molar-refractivity contribution is 5.33.